The van der Waals surface area contributed by atoms with Crippen molar-refractivity contribution in [2.24, 2.45) is 0 Å². The van der Waals surface area contributed by atoms with E-state index < -0.39 is 0 Å². The molecule has 2 heteroatoms. The molecule has 1 aliphatic rings. The van der Waals surface area contributed by atoms with Gasteiger partial charge in [-0.25, -0.2) is 0 Å². The number of likely N-dealkylation sites (tertiary alicyclic amines) is 1. The Morgan fingerprint density at radius 1 is 1.47 bits per heavy atom. The lowest BCUT2D eigenvalue weighted by molar-refractivity contribution is 0.158. The van der Waals surface area contributed by atoms with E-state index in [1.807, 2.05) is 6.08 Å². The van der Waals surface area contributed by atoms with Crippen molar-refractivity contribution in [2.75, 3.05) is 19.6 Å². The molecule has 1 heterocycles. The molecule has 1 fully saturated rings. The highest BCUT2D eigenvalue weighted by Crippen LogP contribution is 2.16. The first-order valence-corrected chi connectivity index (χ1v) is 7.32. The van der Waals surface area contributed by atoms with Gasteiger partial charge in [0.15, 0.2) is 0 Å². The Labute approximate surface area is 107 Å². The standard InChI is InChI=1S/C15H30N2/c1-4-5-9-14(2)16-11-8-13-17-12-7-6-10-15(17)3/h4,14-16H,1,5-13H2,2-3H3. The van der Waals surface area contributed by atoms with Crippen LogP contribution in [0.3, 0.4) is 0 Å². The van der Waals surface area contributed by atoms with Gasteiger partial charge in [0, 0.05) is 12.1 Å². The summed E-state index contributed by atoms with van der Waals surface area (Å²) >= 11 is 0. The number of nitrogens with zero attached hydrogens (tertiary/aromatic N) is 1. The fraction of sp³-hybridized carbons (Fsp3) is 0.867. The molecule has 1 aliphatic heterocycles. The van der Waals surface area contributed by atoms with Crippen molar-refractivity contribution in [2.45, 2.75) is 64.5 Å². The van der Waals surface area contributed by atoms with Gasteiger partial charge >= 0.3 is 0 Å². The number of nitrogens with one attached hydrogen (secondary N) is 1. The van der Waals surface area contributed by atoms with Crippen molar-refractivity contribution >= 4 is 0 Å². The van der Waals surface area contributed by atoms with E-state index in [9.17, 15) is 0 Å². The summed E-state index contributed by atoms with van der Waals surface area (Å²) < 4.78 is 0. The van der Waals surface area contributed by atoms with Gasteiger partial charge < -0.3 is 10.2 Å². The van der Waals surface area contributed by atoms with Crippen molar-refractivity contribution in [3.63, 3.8) is 0 Å². The van der Waals surface area contributed by atoms with Crippen LogP contribution in [0.1, 0.15) is 52.4 Å². The normalized spacial score (nSPS) is 23.5. The topological polar surface area (TPSA) is 15.3 Å². The van der Waals surface area contributed by atoms with Gasteiger partial charge in [-0.1, -0.05) is 12.5 Å². The largest absolute Gasteiger partial charge is 0.314 e. The molecule has 2 atom stereocenters. The van der Waals surface area contributed by atoms with Gasteiger partial charge in [-0.3, -0.25) is 0 Å². The van der Waals surface area contributed by atoms with Crippen LogP contribution < -0.4 is 5.32 Å². The Morgan fingerprint density at radius 3 is 3.00 bits per heavy atom. The minimum atomic E-state index is 0.631. The van der Waals surface area contributed by atoms with Crippen LogP contribution in [-0.2, 0) is 0 Å². The highest BCUT2D eigenvalue weighted by molar-refractivity contribution is 4.74. The second-order valence-electron chi connectivity index (χ2n) is 5.46. The molecule has 0 amide bonds. The average molecular weight is 238 g/mol. The van der Waals surface area contributed by atoms with Crippen LogP contribution in [0.15, 0.2) is 12.7 Å². The first-order chi connectivity index (χ1) is 8.24. The lowest BCUT2D eigenvalue weighted by Gasteiger charge is -2.33. The summed E-state index contributed by atoms with van der Waals surface area (Å²) in [4.78, 5) is 2.65. The van der Waals surface area contributed by atoms with Crippen molar-refractivity contribution in [1.82, 2.24) is 10.2 Å². The third-order valence-electron chi connectivity index (χ3n) is 3.86. The second-order valence-corrected chi connectivity index (χ2v) is 5.46. The minimum Gasteiger partial charge on any atom is -0.314 e. The molecule has 0 bridgehead atoms. The number of hydrogen-bond donors (Lipinski definition) is 1. The molecular weight excluding hydrogens is 208 g/mol. The van der Waals surface area contributed by atoms with Crippen molar-refractivity contribution in [3.8, 4) is 0 Å². The number of allylic oxidation sites excluding steroid dienone is 1. The van der Waals surface area contributed by atoms with Gasteiger partial charge in [-0.2, -0.15) is 0 Å². The fourth-order valence-electron chi connectivity index (χ4n) is 2.59. The zero-order valence-electron chi connectivity index (χ0n) is 11.8. The average Bonchev–Trinajstić information content (AvgIpc) is 2.34. The van der Waals surface area contributed by atoms with Crippen LogP contribution >= 0.6 is 0 Å². The number of hydrogen-bond acceptors (Lipinski definition) is 2. The maximum absolute atomic E-state index is 3.76. The summed E-state index contributed by atoms with van der Waals surface area (Å²) in [7, 11) is 0. The molecule has 2 unspecified atom stereocenters. The van der Waals surface area contributed by atoms with Crippen LogP contribution in [0.5, 0.6) is 0 Å². The van der Waals surface area contributed by atoms with Crippen LogP contribution in [0.4, 0.5) is 0 Å². The van der Waals surface area contributed by atoms with E-state index in [2.05, 4.69) is 30.6 Å². The van der Waals surface area contributed by atoms with Crippen molar-refractivity contribution in [1.29, 1.82) is 0 Å². The number of piperidine rings is 1. The zero-order chi connectivity index (χ0) is 12.5. The fourth-order valence-corrected chi connectivity index (χ4v) is 2.59. The SMILES string of the molecule is C=CCCC(C)NCCCN1CCCCC1C. The van der Waals surface area contributed by atoms with Gasteiger partial charge in [0.2, 0.25) is 0 Å². The third-order valence-corrected chi connectivity index (χ3v) is 3.86. The molecule has 1 N–H and O–H groups in total. The molecule has 2 nitrogen and oxygen atoms in total. The third kappa shape index (κ3) is 6.23. The monoisotopic (exact) mass is 238 g/mol. The maximum atomic E-state index is 3.76. The summed E-state index contributed by atoms with van der Waals surface area (Å²) in [6, 6.07) is 1.44. The Kier molecular flexibility index (Phi) is 7.54. The molecule has 0 aromatic carbocycles. The van der Waals surface area contributed by atoms with E-state index in [0.29, 0.717) is 6.04 Å². The first-order valence-electron chi connectivity index (χ1n) is 7.32. The lowest BCUT2D eigenvalue weighted by atomic mass is 10.0. The van der Waals surface area contributed by atoms with Gasteiger partial charge in [0.1, 0.15) is 0 Å². The second kappa shape index (κ2) is 8.71. The van der Waals surface area contributed by atoms with Crippen molar-refractivity contribution in [3.05, 3.63) is 12.7 Å². The van der Waals surface area contributed by atoms with Gasteiger partial charge in [0.05, 0.1) is 0 Å². The molecule has 0 aliphatic carbocycles. The van der Waals surface area contributed by atoms with Crippen molar-refractivity contribution < 1.29 is 0 Å². The van der Waals surface area contributed by atoms with E-state index in [0.717, 1.165) is 19.0 Å². The lowest BCUT2D eigenvalue weighted by Crippen LogP contribution is -2.39. The first kappa shape index (κ1) is 14.7. The summed E-state index contributed by atoms with van der Waals surface area (Å²) in [6.07, 6.45) is 9.84. The minimum absolute atomic E-state index is 0.631. The van der Waals surface area contributed by atoms with E-state index in [-0.39, 0.29) is 0 Å². The summed E-state index contributed by atoms with van der Waals surface area (Å²) in [6.45, 7) is 12.1. The Morgan fingerprint density at radius 2 is 2.29 bits per heavy atom. The van der Waals surface area contributed by atoms with E-state index in [1.165, 1.54) is 45.2 Å². The highest BCUT2D eigenvalue weighted by Gasteiger charge is 2.16. The Balaban J connectivity index is 2.01. The molecular formula is C15H30N2. The quantitative estimate of drug-likeness (QED) is 0.516. The maximum Gasteiger partial charge on any atom is 0.00669 e. The summed E-state index contributed by atoms with van der Waals surface area (Å²) in [5.74, 6) is 0. The molecule has 0 radical (unpaired) electrons. The predicted molar refractivity (Wildman–Crippen MR) is 76.4 cm³/mol. The smallest absolute Gasteiger partial charge is 0.00669 e. The molecule has 1 saturated heterocycles. The molecule has 1 rings (SSSR count). The Hall–Kier alpha value is -0.340. The predicted octanol–water partition coefficient (Wildman–Crippen LogP) is 3.20. The molecule has 0 spiro atoms. The van der Waals surface area contributed by atoms with Gasteiger partial charge in [-0.15, -0.1) is 6.58 Å². The molecule has 0 aromatic heterocycles. The Bertz CT molecular complexity index is 203. The zero-order valence-corrected chi connectivity index (χ0v) is 11.8. The molecule has 17 heavy (non-hydrogen) atoms. The van der Waals surface area contributed by atoms with Crippen LogP contribution in [-0.4, -0.2) is 36.6 Å². The van der Waals surface area contributed by atoms with E-state index in [1.54, 1.807) is 0 Å². The highest BCUT2D eigenvalue weighted by atomic mass is 15.2. The molecule has 0 saturated carbocycles. The van der Waals surface area contributed by atoms with Crippen LogP contribution in [0.2, 0.25) is 0 Å². The summed E-state index contributed by atoms with van der Waals surface area (Å²) in [5.41, 5.74) is 0. The molecule has 0 aromatic rings. The number of rotatable bonds is 8. The van der Waals surface area contributed by atoms with Crippen LogP contribution in [0.25, 0.3) is 0 Å². The van der Waals surface area contributed by atoms with E-state index >= 15 is 0 Å². The van der Waals surface area contributed by atoms with Gasteiger partial charge in [-0.05, 0) is 65.6 Å². The summed E-state index contributed by atoms with van der Waals surface area (Å²) in [5, 5.41) is 3.60. The molecule has 100 valence electrons. The van der Waals surface area contributed by atoms with Crippen LogP contribution in [0, 0.1) is 0 Å². The van der Waals surface area contributed by atoms with Gasteiger partial charge in [0.25, 0.3) is 0 Å². The van der Waals surface area contributed by atoms with E-state index in [4.69, 9.17) is 0 Å².